The Morgan fingerprint density at radius 3 is 1.88 bits per heavy atom. The lowest BCUT2D eigenvalue weighted by atomic mass is 9.68. The monoisotopic (exact) mass is 321 g/mol. The fraction of sp³-hybridized carbons (Fsp3) is 0.381. The van der Waals surface area contributed by atoms with Crippen molar-refractivity contribution in [3.05, 3.63) is 70.8 Å². The van der Waals surface area contributed by atoms with Gasteiger partial charge in [-0.05, 0) is 42.1 Å². The molecule has 2 aliphatic rings. The third kappa shape index (κ3) is 1.41. The van der Waals surface area contributed by atoms with E-state index in [4.69, 9.17) is 4.74 Å². The van der Waals surface area contributed by atoms with Crippen LogP contribution in [0, 0.1) is 5.92 Å². The van der Waals surface area contributed by atoms with Crippen LogP contribution in [-0.2, 0) is 20.6 Å². The first kappa shape index (κ1) is 15.4. The van der Waals surface area contributed by atoms with Crippen LogP contribution in [0.25, 0.3) is 0 Å². The van der Waals surface area contributed by atoms with Gasteiger partial charge in [-0.1, -0.05) is 62.4 Å². The van der Waals surface area contributed by atoms with E-state index >= 15 is 0 Å². The fourth-order valence-electron chi connectivity index (χ4n) is 5.14. The number of hydrogen-bond acceptors (Lipinski definition) is 3. The van der Waals surface area contributed by atoms with E-state index in [9.17, 15) is 4.79 Å². The number of benzene rings is 2. The minimum atomic E-state index is -0.840. The van der Waals surface area contributed by atoms with E-state index in [1.165, 1.54) is 11.1 Å². The lowest BCUT2D eigenvalue weighted by molar-refractivity contribution is -0.155. The molecule has 0 saturated carbocycles. The molecular formula is C21H23NO2. The molecule has 0 radical (unpaired) electrons. The van der Waals surface area contributed by atoms with E-state index < -0.39 is 5.54 Å². The Bertz CT molecular complexity index is 777. The van der Waals surface area contributed by atoms with Gasteiger partial charge in [0.05, 0.1) is 12.1 Å². The highest BCUT2D eigenvalue weighted by Gasteiger charge is 2.69. The third-order valence-corrected chi connectivity index (χ3v) is 5.89. The first-order valence-electron chi connectivity index (χ1n) is 8.65. The molecule has 2 aliphatic heterocycles. The van der Waals surface area contributed by atoms with E-state index in [0.29, 0.717) is 12.5 Å². The van der Waals surface area contributed by atoms with Crippen LogP contribution in [0.5, 0.6) is 0 Å². The summed E-state index contributed by atoms with van der Waals surface area (Å²) in [6.07, 6.45) is 0. The summed E-state index contributed by atoms with van der Waals surface area (Å²) in [5, 5.41) is 0. The molecule has 0 atom stereocenters. The number of fused-ring (bicyclic) bond motifs is 8. The fourth-order valence-corrected chi connectivity index (χ4v) is 5.14. The molecule has 0 aromatic heterocycles. The van der Waals surface area contributed by atoms with Crippen LogP contribution >= 0.6 is 0 Å². The van der Waals surface area contributed by atoms with Gasteiger partial charge in [-0.15, -0.1) is 0 Å². The summed E-state index contributed by atoms with van der Waals surface area (Å²) in [6.45, 7) is 6.71. The summed E-state index contributed by atoms with van der Waals surface area (Å²) < 4.78 is 5.57. The van der Waals surface area contributed by atoms with Crippen molar-refractivity contribution in [2.75, 3.05) is 13.7 Å². The molecule has 3 nitrogen and oxygen atoms in total. The number of esters is 1. The molecule has 0 aliphatic carbocycles. The molecule has 0 saturated heterocycles. The van der Waals surface area contributed by atoms with Crippen LogP contribution in [0.2, 0.25) is 0 Å². The maximum Gasteiger partial charge on any atom is 0.335 e. The number of nitrogens with zero attached hydrogens (tertiary/aromatic N) is 1. The van der Waals surface area contributed by atoms with E-state index in [1.807, 2.05) is 19.1 Å². The second-order valence-electron chi connectivity index (χ2n) is 7.00. The van der Waals surface area contributed by atoms with Crippen LogP contribution in [-0.4, -0.2) is 24.5 Å². The molecule has 2 aromatic carbocycles. The van der Waals surface area contributed by atoms with E-state index in [0.717, 1.165) is 11.1 Å². The van der Waals surface area contributed by atoms with Gasteiger partial charge in [-0.2, -0.15) is 0 Å². The van der Waals surface area contributed by atoms with Crippen LogP contribution < -0.4 is 0 Å². The molecule has 124 valence electrons. The van der Waals surface area contributed by atoms with E-state index in [-0.39, 0.29) is 11.5 Å². The highest BCUT2D eigenvalue weighted by atomic mass is 16.5. The Kier molecular flexibility index (Phi) is 3.17. The predicted octanol–water partition coefficient (Wildman–Crippen LogP) is 3.65. The van der Waals surface area contributed by atoms with Crippen LogP contribution in [0.1, 0.15) is 43.0 Å². The van der Waals surface area contributed by atoms with Crippen LogP contribution in [0.15, 0.2) is 48.5 Å². The summed E-state index contributed by atoms with van der Waals surface area (Å²) in [7, 11) is 2.07. The van der Waals surface area contributed by atoms with E-state index in [1.54, 1.807) is 0 Å². The van der Waals surface area contributed by atoms with Gasteiger partial charge in [0.2, 0.25) is 0 Å². The second-order valence-corrected chi connectivity index (χ2v) is 7.00. The van der Waals surface area contributed by atoms with Crippen molar-refractivity contribution in [1.82, 2.24) is 4.90 Å². The van der Waals surface area contributed by atoms with Crippen LogP contribution in [0.3, 0.4) is 0 Å². The van der Waals surface area contributed by atoms with Gasteiger partial charge < -0.3 is 4.74 Å². The Labute approximate surface area is 143 Å². The quantitative estimate of drug-likeness (QED) is 0.808. The summed E-state index contributed by atoms with van der Waals surface area (Å²) in [5.41, 5.74) is 3.47. The molecule has 0 amide bonds. The van der Waals surface area contributed by atoms with Gasteiger partial charge >= 0.3 is 5.97 Å². The molecular weight excluding hydrogens is 298 g/mol. The number of rotatable bonds is 3. The molecule has 2 aromatic rings. The molecule has 0 N–H and O–H groups in total. The average Bonchev–Trinajstić information content (AvgIpc) is 2.96. The number of carbonyl (C=O) groups is 1. The number of hydrogen-bond donors (Lipinski definition) is 0. The standard InChI is InChI=1S/C21H23NO2/c1-5-24-19(23)21-17-12-8-6-10-15(17)20(14(2)3,22(21)4)16-11-7-9-13-18(16)21/h6-14H,5H2,1-4H3. The van der Waals surface area contributed by atoms with Crippen molar-refractivity contribution in [2.24, 2.45) is 5.92 Å². The zero-order valence-electron chi connectivity index (χ0n) is 14.7. The van der Waals surface area contributed by atoms with Crippen molar-refractivity contribution in [1.29, 1.82) is 0 Å². The van der Waals surface area contributed by atoms with Gasteiger partial charge in [-0.3, -0.25) is 4.90 Å². The van der Waals surface area contributed by atoms with Gasteiger partial charge in [-0.25, -0.2) is 4.79 Å². The Morgan fingerprint density at radius 1 is 1.00 bits per heavy atom. The molecule has 2 heterocycles. The number of carbonyl (C=O) groups excluding carboxylic acids is 1. The van der Waals surface area contributed by atoms with E-state index in [2.05, 4.69) is 62.2 Å². The van der Waals surface area contributed by atoms with Crippen LogP contribution in [0.4, 0.5) is 0 Å². The molecule has 0 unspecified atom stereocenters. The van der Waals surface area contributed by atoms with Gasteiger partial charge in [0, 0.05) is 0 Å². The highest BCUT2D eigenvalue weighted by molar-refractivity contribution is 5.93. The minimum absolute atomic E-state index is 0.174. The number of ether oxygens (including phenoxy) is 1. The van der Waals surface area contributed by atoms with Gasteiger partial charge in [0.25, 0.3) is 0 Å². The Morgan fingerprint density at radius 2 is 1.46 bits per heavy atom. The normalized spacial score (nSPS) is 27.2. The largest absolute Gasteiger partial charge is 0.464 e. The Hall–Kier alpha value is -2.13. The molecule has 0 spiro atoms. The topological polar surface area (TPSA) is 29.5 Å². The predicted molar refractivity (Wildman–Crippen MR) is 93.7 cm³/mol. The summed E-state index contributed by atoms with van der Waals surface area (Å²) in [4.78, 5) is 15.5. The highest BCUT2D eigenvalue weighted by Crippen LogP contribution is 2.65. The molecule has 2 bridgehead atoms. The first-order chi connectivity index (χ1) is 11.5. The molecule has 0 fully saturated rings. The van der Waals surface area contributed by atoms with Crippen molar-refractivity contribution < 1.29 is 9.53 Å². The lowest BCUT2D eigenvalue weighted by Gasteiger charge is -2.39. The third-order valence-electron chi connectivity index (χ3n) is 5.89. The lowest BCUT2D eigenvalue weighted by Crippen LogP contribution is -2.50. The minimum Gasteiger partial charge on any atom is -0.464 e. The molecule has 3 heteroatoms. The smallest absolute Gasteiger partial charge is 0.335 e. The second kappa shape index (κ2) is 4.93. The Balaban J connectivity index is 2.15. The van der Waals surface area contributed by atoms with Gasteiger partial charge in [0.1, 0.15) is 0 Å². The molecule has 24 heavy (non-hydrogen) atoms. The summed E-state index contributed by atoms with van der Waals surface area (Å²) in [6, 6.07) is 16.7. The average molecular weight is 321 g/mol. The maximum atomic E-state index is 13.3. The zero-order valence-corrected chi connectivity index (χ0v) is 14.7. The SMILES string of the molecule is CCOC(=O)C12c3ccccc3C(C(C)C)(c3ccccc31)N2C. The van der Waals surface area contributed by atoms with Crippen molar-refractivity contribution in [2.45, 2.75) is 31.8 Å². The van der Waals surface area contributed by atoms with Crippen molar-refractivity contribution >= 4 is 5.97 Å². The first-order valence-corrected chi connectivity index (χ1v) is 8.65. The zero-order chi connectivity index (χ0) is 17.1. The number of likely N-dealkylation sites (N-methyl/N-ethyl adjacent to an activating group) is 1. The van der Waals surface area contributed by atoms with Crippen molar-refractivity contribution in [3.63, 3.8) is 0 Å². The van der Waals surface area contributed by atoms with Gasteiger partial charge in [0.15, 0.2) is 5.54 Å². The summed E-state index contributed by atoms with van der Waals surface area (Å²) >= 11 is 0. The maximum absolute atomic E-state index is 13.3. The summed E-state index contributed by atoms with van der Waals surface area (Å²) in [5.74, 6) is 0.149. The van der Waals surface area contributed by atoms with Crippen molar-refractivity contribution in [3.8, 4) is 0 Å². The molecule has 4 rings (SSSR count).